The number of benzene rings is 1. The van der Waals surface area contributed by atoms with Crippen LogP contribution in [-0.2, 0) is 6.42 Å². The molecule has 21 heavy (non-hydrogen) atoms. The molecule has 1 rings (SSSR count). The van der Waals surface area contributed by atoms with E-state index in [2.05, 4.69) is 19.1 Å². The fourth-order valence-electron chi connectivity index (χ4n) is 1.98. The number of unbranched alkanes of at least 4 members (excludes halogenated alkanes) is 1. The van der Waals surface area contributed by atoms with Gasteiger partial charge in [0.15, 0.2) is 0 Å². The maximum atomic E-state index is 9.64. The Balaban J connectivity index is 0. The normalized spacial score (nSPS) is 9.95. The van der Waals surface area contributed by atoms with Crippen molar-refractivity contribution in [2.45, 2.75) is 79.8 Å². The molecule has 2 heteroatoms. The minimum absolute atomic E-state index is 0.545. The Bertz CT molecular complexity index is 351. The van der Waals surface area contributed by atoms with Crippen LogP contribution in [0.5, 0.6) is 5.75 Å². The van der Waals surface area contributed by atoms with Gasteiger partial charge in [0.25, 0.3) is 0 Å². The van der Waals surface area contributed by atoms with Gasteiger partial charge in [-0.25, -0.2) is 0 Å². The van der Waals surface area contributed by atoms with Crippen LogP contribution in [0, 0.1) is 6.92 Å². The number of methoxy groups -OCH3 is 1. The Labute approximate surface area is 132 Å². The van der Waals surface area contributed by atoms with Crippen LogP contribution in [0.2, 0.25) is 0 Å². The van der Waals surface area contributed by atoms with E-state index in [0.29, 0.717) is 0 Å². The topological polar surface area (TPSA) is 29.5 Å². The van der Waals surface area contributed by atoms with E-state index in [1.54, 1.807) is 7.11 Å². The van der Waals surface area contributed by atoms with Gasteiger partial charge in [-0.15, -0.1) is 0 Å². The number of aryl methyl sites for hydroxylation is 2. The molecule has 0 aliphatic rings. The van der Waals surface area contributed by atoms with Crippen molar-refractivity contribution >= 4 is 0 Å². The summed E-state index contributed by atoms with van der Waals surface area (Å²) < 4.78 is 5.35. The van der Waals surface area contributed by atoms with Gasteiger partial charge in [0.1, 0.15) is 5.75 Å². The van der Waals surface area contributed by atoms with Crippen LogP contribution in [0.1, 0.15) is 71.9 Å². The second-order valence-electron chi connectivity index (χ2n) is 5.33. The van der Waals surface area contributed by atoms with E-state index in [1.165, 1.54) is 11.1 Å². The molecule has 0 aliphatic carbocycles. The Morgan fingerprint density at radius 3 is 2.10 bits per heavy atom. The van der Waals surface area contributed by atoms with E-state index in [-0.39, 0.29) is 0 Å². The molecule has 2 nitrogen and oxygen atoms in total. The molecule has 0 bridgehead atoms. The molecule has 0 aliphatic heterocycles. The largest absolute Gasteiger partial charge is 0.496 e. The maximum absolute atomic E-state index is 9.64. The van der Waals surface area contributed by atoms with Gasteiger partial charge in [0.05, 0.1) is 12.7 Å². The summed E-state index contributed by atoms with van der Waals surface area (Å²) >= 11 is 0. The molecule has 1 N–H and O–H groups in total. The Kier molecular flexibility index (Phi) is 13.5. The zero-order valence-electron chi connectivity index (χ0n) is 15.4. The van der Waals surface area contributed by atoms with Crippen molar-refractivity contribution in [2.24, 2.45) is 0 Å². The highest BCUT2D eigenvalue weighted by Gasteiger charge is 2.11. The van der Waals surface area contributed by atoms with Gasteiger partial charge in [-0.05, 0) is 51.7 Å². The summed E-state index contributed by atoms with van der Waals surface area (Å²) in [6.07, 6.45) is 3.99. The van der Waals surface area contributed by atoms with E-state index < -0.39 is 5.60 Å². The molecule has 0 unspecified atom stereocenters. The first kappa shape index (κ1) is 22.3. The van der Waals surface area contributed by atoms with Gasteiger partial charge >= 0.3 is 0 Å². The average Bonchev–Trinajstić information content (AvgIpc) is 2.47. The summed E-state index contributed by atoms with van der Waals surface area (Å²) in [6, 6.07) is 6.28. The molecule has 0 spiro atoms. The van der Waals surface area contributed by atoms with Crippen LogP contribution in [0.15, 0.2) is 18.2 Å². The number of rotatable bonds is 6. The highest BCUT2D eigenvalue weighted by atomic mass is 16.5. The predicted octanol–water partition coefficient (Wildman–Crippen LogP) is 5.54. The van der Waals surface area contributed by atoms with E-state index in [1.807, 2.05) is 47.6 Å². The van der Waals surface area contributed by atoms with Gasteiger partial charge in [-0.2, -0.15) is 0 Å². The van der Waals surface area contributed by atoms with E-state index in [9.17, 15) is 5.11 Å². The van der Waals surface area contributed by atoms with Crippen molar-refractivity contribution in [3.63, 3.8) is 0 Å². The summed E-state index contributed by atoms with van der Waals surface area (Å²) in [5.41, 5.74) is 1.99. The first-order valence-corrected chi connectivity index (χ1v) is 8.28. The van der Waals surface area contributed by atoms with E-state index >= 15 is 0 Å². The zero-order chi connectivity index (χ0) is 16.9. The fraction of sp³-hybridized carbons (Fsp3) is 0.684. The molecule has 0 amide bonds. The van der Waals surface area contributed by atoms with Crippen molar-refractivity contribution in [1.82, 2.24) is 0 Å². The molecular formula is C19H36O2. The minimum atomic E-state index is -0.545. The number of ether oxygens (including phenoxy) is 1. The summed E-state index contributed by atoms with van der Waals surface area (Å²) in [6.45, 7) is 13.8. The van der Waals surface area contributed by atoms with Crippen molar-refractivity contribution in [1.29, 1.82) is 0 Å². The second kappa shape index (κ2) is 12.7. The minimum Gasteiger partial charge on any atom is -0.496 e. The lowest BCUT2D eigenvalue weighted by Crippen LogP contribution is -2.17. The molecule has 0 saturated carbocycles. The van der Waals surface area contributed by atoms with E-state index in [4.69, 9.17) is 4.74 Å². The van der Waals surface area contributed by atoms with Gasteiger partial charge in [-0.1, -0.05) is 51.8 Å². The van der Waals surface area contributed by atoms with Crippen molar-refractivity contribution in [3.8, 4) is 5.75 Å². The lowest BCUT2D eigenvalue weighted by atomic mass is 9.98. The first-order valence-electron chi connectivity index (χ1n) is 8.28. The molecule has 0 saturated heterocycles. The summed E-state index contributed by atoms with van der Waals surface area (Å²) in [7, 11) is 1.71. The molecule has 0 fully saturated rings. The van der Waals surface area contributed by atoms with E-state index in [0.717, 1.165) is 31.4 Å². The predicted molar refractivity (Wildman–Crippen MR) is 94.3 cm³/mol. The third-order valence-corrected chi connectivity index (χ3v) is 2.92. The number of hydrogen-bond acceptors (Lipinski definition) is 2. The lowest BCUT2D eigenvalue weighted by Gasteiger charge is -2.16. The van der Waals surface area contributed by atoms with Crippen LogP contribution in [-0.4, -0.2) is 17.8 Å². The SMILES string of the molecule is CC.CC.COc1ccc(C)cc1CCCCC(C)(C)O. The zero-order valence-corrected chi connectivity index (χ0v) is 15.4. The molecular weight excluding hydrogens is 260 g/mol. The molecule has 124 valence electrons. The Morgan fingerprint density at radius 2 is 1.62 bits per heavy atom. The van der Waals surface area contributed by atoms with Gasteiger partial charge in [0.2, 0.25) is 0 Å². The lowest BCUT2D eigenvalue weighted by molar-refractivity contribution is 0.0682. The van der Waals surface area contributed by atoms with Gasteiger partial charge in [0, 0.05) is 0 Å². The van der Waals surface area contributed by atoms with Crippen molar-refractivity contribution in [3.05, 3.63) is 29.3 Å². The van der Waals surface area contributed by atoms with Crippen LogP contribution in [0.3, 0.4) is 0 Å². The van der Waals surface area contributed by atoms with Crippen LogP contribution in [0.25, 0.3) is 0 Å². The summed E-state index contributed by atoms with van der Waals surface area (Å²) in [4.78, 5) is 0. The molecule has 0 radical (unpaired) electrons. The average molecular weight is 296 g/mol. The van der Waals surface area contributed by atoms with Crippen molar-refractivity contribution < 1.29 is 9.84 Å². The molecule has 0 aromatic heterocycles. The molecule has 0 heterocycles. The molecule has 1 aromatic rings. The third-order valence-electron chi connectivity index (χ3n) is 2.92. The summed E-state index contributed by atoms with van der Waals surface area (Å²) in [5.74, 6) is 0.971. The maximum Gasteiger partial charge on any atom is 0.122 e. The summed E-state index contributed by atoms with van der Waals surface area (Å²) in [5, 5.41) is 9.64. The Morgan fingerprint density at radius 1 is 1.05 bits per heavy atom. The van der Waals surface area contributed by atoms with Crippen LogP contribution < -0.4 is 4.74 Å². The second-order valence-corrected chi connectivity index (χ2v) is 5.33. The standard InChI is InChI=1S/C15H24O2.2C2H6/c1-12-8-9-14(17-4)13(11-12)7-5-6-10-15(2,3)16;2*1-2/h8-9,11,16H,5-7,10H2,1-4H3;2*1-2H3. The molecule has 1 aromatic carbocycles. The fourth-order valence-corrected chi connectivity index (χ4v) is 1.98. The highest BCUT2D eigenvalue weighted by Crippen LogP contribution is 2.22. The Hall–Kier alpha value is -1.02. The van der Waals surface area contributed by atoms with Crippen LogP contribution in [0.4, 0.5) is 0 Å². The number of hydrogen-bond donors (Lipinski definition) is 1. The third kappa shape index (κ3) is 11.3. The quantitative estimate of drug-likeness (QED) is 0.698. The van der Waals surface area contributed by atoms with Crippen molar-refractivity contribution in [2.75, 3.05) is 7.11 Å². The molecule has 0 atom stereocenters. The van der Waals surface area contributed by atoms with Gasteiger partial charge in [-0.3, -0.25) is 0 Å². The van der Waals surface area contributed by atoms with Gasteiger partial charge < -0.3 is 9.84 Å². The number of aliphatic hydroxyl groups is 1. The van der Waals surface area contributed by atoms with Crippen LogP contribution >= 0.6 is 0 Å². The first-order chi connectivity index (χ1) is 9.92. The highest BCUT2D eigenvalue weighted by molar-refractivity contribution is 5.36. The smallest absolute Gasteiger partial charge is 0.122 e. The monoisotopic (exact) mass is 296 g/mol.